The van der Waals surface area contributed by atoms with Crippen LogP contribution in [0.2, 0.25) is 0 Å². The topological polar surface area (TPSA) is 60.0 Å². The summed E-state index contributed by atoms with van der Waals surface area (Å²) in [5.41, 5.74) is 0. The average molecular weight is 307 g/mol. The van der Waals surface area contributed by atoms with Crippen molar-refractivity contribution in [2.75, 3.05) is 32.9 Å². The number of ether oxygens (including phenoxy) is 3. The summed E-state index contributed by atoms with van der Waals surface area (Å²) in [5, 5.41) is 12.9. The first-order chi connectivity index (χ1) is 10.8. The second-order valence-corrected chi connectivity index (χ2v) is 5.30. The van der Waals surface area contributed by atoms with Crippen molar-refractivity contribution in [3.05, 3.63) is 36.9 Å². The molecule has 1 fully saturated rings. The molecule has 2 unspecified atom stereocenters. The zero-order valence-electron chi connectivity index (χ0n) is 12.9. The van der Waals surface area contributed by atoms with Crippen LogP contribution in [0.1, 0.15) is 12.8 Å². The molecule has 1 aliphatic rings. The van der Waals surface area contributed by atoms with E-state index in [1.807, 2.05) is 24.3 Å². The molecule has 1 aromatic rings. The van der Waals surface area contributed by atoms with E-state index >= 15 is 0 Å². The smallest absolute Gasteiger partial charge is 0.161 e. The second-order valence-electron chi connectivity index (χ2n) is 5.30. The highest BCUT2D eigenvalue weighted by Crippen LogP contribution is 2.27. The van der Waals surface area contributed by atoms with Crippen molar-refractivity contribution in [1.29, 1.82) is 0 Å². The number of nitrogens with one attached hydrogen (secondary N) is 1. The predicted molar refractivity (Wildman–Crippen MR) is 85.5 cm³/mol. The molecule has 1 aliphatic heterocycles. The summed E-state index contributed by atoms with van der Waals surface area (Å²) < 4.78 is 17.0. The molecule has 0 spiro atoms. The Morgan fingerprint density at radius 3 is 2.82 bits per heavy atom. The van der Waals surface area contributed by atoms with Gasteiger partial charge in [-0.15, -0.1) is 6.58 Å². The molecule has 2 N–H and O–H groups in total. The van der Waals surface area contributed by atoms with Gasteiger partial charge in [0.05, 0.1) is 6.10 Å². The van der Waals surface area contributed by atoms with Crippen molar-refractivity contribution in [3.8, 4) is 11.5 Å². The van der Waals surface area contributed by atoms with Crippen LogP contribution in [0.25, 0.3) is 0 Å². The molecule has 0 amide bonds. The lowest BCUT2D eigenvalue weighted by Crippen LogP contribution is -2.31. The van der Waals surface area contributed by atoms with Crippen LogP contribution < -0.4 is 14.8 Å². The number of para-hydroxylation sites is 2. The van der Waals surface area contributed by atoms with Crippen LogP contribution in [-0.4, -0.2) is 50.2 Å². The molecule has 1 aromatic carbocycles. The molecular formula is C17H25NO4. The van der Waals surface area contributed by atoms with Gasteiger partial charge in [-0.2, -0.15) is 0 Å². The van der Waals surface area contributed by atoms with E-state index in [4.69, 9.17) is 14.2 Å². The third-order valence-electron chi connectivity index (χ3n) is 3.40. The van der Waals surface area contributed by atoms with Gasteiger partial charge in [0.2, 0.25) is 0 Å². The van der Waals surface area contributed by atoms with Crippen LogP contribution >= 0.6 is 0 Å². The lowest BCUT2D eigenvalue weighted by atomic mass is 10.2. The lowest BCUT2D eigenvalue weighted by Gasteiger charge is -2.17. The van der Waals surface area contributed by atoms with Gasteiger partial charge in [-0.05, 0) is 25.0 Å². The molecule has 22 heavy (non-hydrogen) atoms. The molecule has 0 aliphatic carbocycles. The molecule has 2 rings (SSSR count). The molecule has 0 bridgehead atoms. The molecule has 1 saturated heterocycles. The molecule has 122 valence electrons. The van der Waals surface area contributed by atoms with Gasteiger partial charge in [-0.25, -0.2) is 0 Å². The van der Waals surface area contributed by atoms with Gasteiger partial charge in [0, 0.05) is 19.7 Å². The Kier molecular flexibility index (Phi) is 7.22. The van der Waals surface area contributed by atoms with E-state index in [9.17, 15) is 5.11 Å². The Hall–Kier alpha value is -1.56. The molecule has 1 heterocycles. The van der Waals surface area contributed by atoms with Gasteiger partial charge >= 0.3 is 0 Å². The number of rotatable bonds is 10. The van der Waals surface area contributed by atoms with Crippen LogP contribution in [0.3, 0.4) is 0 Å². The van der Waals surface area contributed by atoms with E-state index in [2.05, 4.69) is 11.9 Å². The Morgan fingerprint density at radius 2 is 2.14 bits per heavy atom. The van der Waals surface area contributed by atoms with E-state index in [1.165, 1.54) is 0 Å². The fourth-order valence-corrected chi connectivity index (χ4v) is 2.24. The normalized spacial score (nSPS) is 18.9. The second kappa shape index (κ2) is 9.46. The third-order valence-corrected chi connectivity index (χ3v) is 3.40. The van der Waals surface area contributed by atoms with Gasteiger partial charge in [0.1, 0.15) is 19.3 Å². The fraction of sp³-hybridized carbons (Fsp3) is 0.529. The van der Waals surface area contributed by atoms with Crippen molar-refractivity contribution < 1.29 is 19.3 Å². The molecular weight excluding hydrogens is 282 g/mol. The Bertz CT molecular complexity index is 446. The van der Waals surface area contributed by atoms with Crippen LogP contribution in [-0.2, 0) is 4.74 Å². The van der Waals surface area contributed by atoms with Crippen LogP contribution in [0.4, 0.5) is 0 Å². The summed E-state index contributed by atoms with van der Waals surface area (Å²) in [5.74, 6) is 1.33. The number of hydrogen-bond acceptors (Lipinski definition) is 5. The van der Waals surface area contributed by atoms with E-state index < -0.39 is 6.10 Å². The van der Waals surface area contributed by atoms with Gasteiger partial charge in [0.25, 0.3) is 0 Å². The highest BCUT2D eigenvalue weighted by molar-refractivity contribution is 5.39. The zero-order valence-corrected chi connectivity index (χ0v) is 12.9. The Balaban J connectivity index is 1.78. The monoisotopic (exact) mass is 307 g/mol. The SMILES string of the molecule is C=CCNCC(O)COc1ccccc1OCC1CCCO1. The van der Waals surface area contributed by atoms with Gasteiger partial charge < -0.3 is 24.6 Å². The van der Waals surface area contributed by atoms with Crippen molar-refractivity contribution in [2.24, 2.45) is 0 Å². The first-order valence-corrected chi connectivity index (χ1v) is 7.75. The lowest BCUT2D eigenvalue weighted by molar-refractivity contribution is 0.0647. The van der Waals surface area contributed by atoms with Crippen molar-refractivity contribution >= 4 is 0 Å². The molecule has 0 aromatic heterocycles. The zero-order chi connectivity index (χ0) is 15.6. The highest BCUT2D eigenvalue weighted by Gasteiger charge is 2.17. The van der Waals surface area contributed by atoms with Crippen LogP contribution in [0, 0.1) is 0 Å². The summed E-state index contributed by atoms with van der Waals surface area (Å²) in [6.45, 7) is 6.30. The molecule has 0 saturated carbocycles. The van der Waals surface area contributed by atoms with Crippen LogP contribution in [0.5, 0.6) is 11.5 Å². The molecule has 5 nitrogen and oxygen atoms in total. The van der Waals surface area contributed by atoms with E-state index in [1.54, 1.807) is 6.08 Å². The van der Waals surface area contributed by atoms with E-state index in [0.29, 0.717) is 31.2 Å². The van der Waals surface area contributed by atoms with Crippen molar-refractivity contribution in [1.82, 2.24) is 5.32 Å². The van der Waals surface area contributed by atoms with Crippen LogP contribution in [0.15, 0.2) is 36.9 Å². The Labute approximate surface area is 131 Å². The highest BCUT2D eigenvalue weighted by atomic mass is 16.6. The van der Waals surface area contributed by atoms with E-state index in [0.717, 1.165) is 19.4 Å². The molecule has 0 radical (unpaired) electrons. The largest absolute Gasteiger partial charge is 0.487 e. The minimum atomic E-state index is -0.578. The van der Waals surface area contributed by atoms with E-state index in [-0.39, 0.29) is 12.7 Å². The first kappa shape index (κ1) is 16.8. The predicted octanol–water partition coefficient (Wildman–Crippen LogP) is 1.76. The maximum atomic E-state index is 9.85. The Morgan fingerprint density at radius 1 is 1.36 bits per heavy atom. The summed E-state index contributed by atoms with van der Waals surface area (Å²) in [6, 6.07) is 7.50. The summed E-state index contributed by atoms with van der Waals surface area (Å²) >= 11 is 0. The number of aliphatic hydroxyl groups excluding tert-OH is 1. The maximum absolute atomic E-state index is 9.85. The molecule has 5 heteroatoms. The first-order valence-electron chi connectivity index (χ1n) is 7.75. The summed E-state index contributed by atoms with van der Waals surface area (Å²) in [6.07, 6.45) is 3.47. The van der Waals surface area contributed by atoms with Gasteiger partial charge in [0.15, 0.2) is 11.5 Å². The quantitative estimate of drug-likeness (QED) is 0.509. The van der Waals surface area contributed by atoms with Gasteiger partial charge in [-0.1, -0.05) is 18.2 Å². The van der Waals surface area contributed by atoms with Gasteiger partial charge in [-0.3, -0.25) is 0 Å². The summed E-state index contributed by atoms with van der Waals surface area (Å²) in [4.78, 5) is 0. The standard InChI is InChI=1S/C17H25NO4/c1-2-9-18-11-14(19)12-21-16-7-3-4-8-17(16)22-13-15-6-5-10-20-15/h2-4,7-8,14-15,18-19H,1,5-6,9-13H2. The summed E-state index contributed by atoms with van der Waals surface area (Å²) in [7, 11) is 0. The average Bonchev–Trinajstić information content (AvgIpc) is 3.05. The fourth-order valence-electron chi connectivity index (χ4n) is 2.24. The molecule has 2 atom stereocenters. The number of hydrogen-bond donors (Lipinski definition) is 2. The third kappa shape index (κ3) is 5.67. The minimum absolute atomic E-state index is 0.168. The maximum Gasteiger partial charge on any atom is 0.161 e. The van der Waals surface area contributed by atoms with Crippen molar-refractivity contribution in [3.63, 3.8) is 0 Å². The van der Waals surface area contributed by atoms with Crippen molar-refractivity contribution in [2.45, 2.75) is 25.0 Å². The minimum Gasteiger partial charge on any atom is -0.487 e. The number of benzene rings is 1. The number of aliphatic hydroxyl groups is 1.